The summed E-state index contributed by atoms with van der Waals surface area (Å²) in [5, 5.41) is 12.4. The largest absolute Gasteiger partial charge is 0.400 e. The van der Waals surface area contributed by atoms with Crippen LogP contribution in [0.3, 0.4) is 0 Å². The van der Waals surface area contributed by atoms with Gasteiger partial charge in [0.05, 0.1) is 6.67 Å². The van der Waals surface area contributed by atoms with Gasteiger partial charge in [-0.2, -0.15) is 0 Å². The summed E-state index contributed by atoms with van der Waals surface area (Å²) >= 11 is 0. The molecule has 0 spiro atoms. The van der Waals surface area contributed by atoms with Crippen molar-refractivity contribution in [3.8, 4) is 0 Å². The molecule has 0 saturated carbocycles. The first-order chi connectivity index (χ1) is 8.71. The highest BCUT2D eigenvalue weighted by Crippen LogP contribution is 2.29. The van der Waals surface area contributed by atoms with Crippen LogP contribution in [0.5, 0.6) is 0 Å². The third kappa shape index (κ3) is 2.22. The van der Waals surface area contributed by atoms with E-state index >= 15 is 0 Å². The molecule has 1 aliphatic heterocycles. The van der Waals surface area contributed by atoms with E-state index in [0.29, 0.717) is 6.42 Å². The molecule has 5 heteroatoms. The summed E-state index contributed by atoms with van der Waals surface area (Å²) in [5.74, 6) is -0.435. The maximum Gasteiger partial charge on any atom is 0.241 e. The first-order valence-corrected chi connectivity index (χ1v) is 5.78. The van der Waals surface area contributed by atoms with Gasteiger partial charge in [-0.25, -0.2) is 0 Å². The van der Waals surface area contributed by atoms with Crippen molar-refractivity contribution in [3.05, 3.63) is 35.9 Å². The summed E-state index contributed by atoms with van der Waals surface area (Å²) in [6.45, 7) is 2.06. The number of carbonyl (C=O) groups excluding carboxylic acids is 2. The molecule has 98 valence electrons. The van der Waals surface area contributed by atoms with E-state index in [2.05, 4.69) is 10.6 Å². The van der Waals surface area contributed by atoms with Crippen molar-refractivity contribution in [3.63, 3.8) is 0 Å². The minimum Gasteiger partial charge on any atom is -0.400 e. The van der Waals surface area contributed by atoms with Crippen molar-refractivity contribution in [1.29, 1.82) is 0 Å². The van der Waals surface area contributed by atoms with E-state index in [1.54, 1.807) is 0 Å². The number of amides is 2. The highest BCUT2D eigenvalue weighted by molar-refractivity contribution is 6.12. The van der Waals surface area contributed by atoms with Crippen LogP contribution in [0.2, 0.25) is 0 Å². The lowest BCUT2D eigenvalue weighted by atomic mass is 9.75. The van der Waals surface area contributed by atoms with E-state index in [0.717, 1.165) is 12.7 Å². The van der Waals surface area contributed by atoms with Crippen LogP contribution in [-0.2, 0) is 15.0 Å². The molecule has 2 rings (SSSR count). The number of carbonyl (C=O) groups is 2. The first kappa shape index (κ1) is 14.2. The SMILES string of the molecule is CCC1(c2ccccc2)C(=O)NCNC1=O.CO. The molecule has 0 radical (unpaired) electrons. The number of aliphatic hydroxyl groups excluding tert-OH is 1. The molecule has 1 aliphatic rings. The van der Waals surface area contributed by atoms with Gasteiger partial charge in [-0.15, -0.1) is 0 Å². The number of rotatable bonds is 2. The second-order valence-electron chi connectivity index (χ2n) is 3.81. The van der Waals surface area contributed by atoms with Crippen LogP contribution < -0.4 is 10.6 Å². The molecule has 0 aliphatic carbocycles. The molecule has 1 aromatic carbocycles. The zero-order chi connectivity index (χ0) is 13.6. The van der Waals surface area contributed by atoms with E-state index in [4.69, 9.17) is 5.11 Å². The molecule has 1 fully saturated rings. The monoisotopic (exact) mass is 250 g/mol. The Morgan fingerprint density at radius 1 is 1.11 bits per heavy atom. The maximum absolute atomic E-state index is 12.0. The fraction of sp³-hybridized carbons (Fsp3) is 0.385. The van der Waals surface area contributed by atoms with Crippen molar-refractivity contribution in [1.82, 2.24) is 10.6 Å². The number of hydrogen-bond acceptors (Lipinski definition) is 3. The van der Waals surface area contributed by atoms with Crippen LogP contribution in [-0.4, -0.2) is 30.7 Å². The smallest absolute Gasteiger partial charge is 0.241 e. The van der Waals surface area contributed by atoms with Crippen LogP contribution in [0.4, 0.5) is 0 Å². The first-order valence-electron chi connectivity index (χ1n) is 5.78. The van der Waals surface area contributed by atoms with Gasteiger partial charge in [-0.05, 0) is 12.0 Å². The Labute approximate surface area is 106 Å². The Balaban J connectivity index is 0.000000771. The van der Waals surface area contributed by atoms with E-state index in [1.165, 1.54) is 0 Å². The lowest BCUT2D eigenvalue weighted by Crippen LogP contribution is -2.62. The van der Waals surface area contributed by atoms with E-state index in [9.17, 15) is 9.59 Å². The molecule has 1 aromatic rings. The summed E-state index contributed by atoms with van der Waals surface area (Å²) in [4.78, 5) is 24.0. The van der Waals surface area contributed by atoms with Gasteiger partial charge in [0.25, 0.3) is 0 Å². The zero-order valence-electron chi connectivity index (χ0n) is 10.6. The molecule has 2 amide bonds. The zero-order valence-corrected chi connectivity index (χ0v) is 10.6. The Bertz CT molecular complexity index is 402. The quantitative estimate of drug-likeness (QED) is 0.654. The van der Waals surface area contributed by atoms with Crippen LogP contribution in [0, 0.1) is 0 Å². The molecular formula is C13H18N2O3. The van der Waals surface area contributed by atoms with Crippen molar-refractivity contribution >= 4 is 11.8 Å². The highest BCUT2D eigenvalue weighted by atomic mass is 16.2. The molecule has 0 unspecified atom stereocenters. The lowest BCUT2D eigenvalue weighted by molar-refractivity contribution is -0.141. The minimum atomic E-state index is -1.07. The summed E-state index contributed by atoms with van der Waals surface area (Å²) in [5.41, 5.74) is -0.327. The molecule has 0 atom stereocenters. The summed E-state index contributed by atoms with van der Waals surface area (Å²) in [7, 11) is 1.00. The Morgan fingerprint density at radius 2 is 1.61 bits per heavy atom. The van der Waals surface area contributed by atoms with Gasteiger partial charge in [0.15, 0.2) is 5.41 Å². The van der Waals surface area contributed by atoms with Gasteiger partial charge in [0.2, 0.25) is 11.8 Å². The third-order valence-electron chi connectivity index (χ3n) is 3.07. The molecule has 1 saturated heterocycles. The van der Waals surface area contributed by atoms with Crippen molar-refractivity contribution < 1.29 is 14.7 Å². The molecule has 3 N–H and O–H groups in total. The molecular weight excluding hydrogens is 232 g/mol. The predicted octanol–water partition coefficient (Wildman–Crippen LogP) is 0.146. The normalized spacial score (nSPS) is 17.1. The number of benzene rings is 1. The van der Waals surface area contributed by atoms with E-state index < -0.39 is 5.41 Å². The average Bonchev–Trinajstić information content (AvgIpc) is 2.43. The average molecular weight is 250 g/mol. The molecule has 0 aromatic heterocycles. The van der Waals surface area contributed by atoms with Gasteiger partial charge in [-0.1, -0.05) is 37.3 Å². The minimum absolute atomic E-state index is 0.215. The Morgan fingerprint density at radius 3 is 2.06 bits per heavy atom. The van der Waals surface area contributed by atoms with Gasteiger partial charge >= 0.3 is 0 Å². The molecule has 18 heavy (non-hydrogen) atoms. The second-order valence-corrected chi connectivity index (χ2v) is 3.81. The topological polar surface area (TPSA) is 78.4 Å². The predicted molar refractivity (Wildman–Crippen MR) is 67.7 cm³/mol. The van der Waals surface area contributed by atoms with Crippen LogP contribution in [0.15, 0.2) is 30.3 Å². The van der Waals surface area contributed by atoms with Gasteiger partial charge in [0.1, 0.15) is 0 Å². The van der Waals surface area contributed by atoms with Crippen LogP contribution in [0.25, 0.3) is 0 Å². The Hall–Kier alpha value is -1.88. The standard InChI is InChI=1S/C12H14N2O2.CH4O/c1-2-12(9-6-4-3-5-7-9)10(15)13-8-14-11(12)16;1-2/h3-7H,2,8H2,1H3,(H,13,15)(H,14,16);2H,1H3. The fourth-order valence-corrected chi connectivity index (χ4v) is 2.12. The second kappa shape index (κ2) is 6.16. The van der Waals surface area contributed by atoms with Crippen molar-refractivity contribution in [2.45, 2.75) is 18.8 Å². The number of nitrogens with one attached hydrogen (secondary N) is 2. The van der Waals surface area contributed by atoms with Crippen LogP contribution in [0.1, 0.15) is 18.9 Å². The molecule has 5 nitrogen and oxygen atoms in total. The summed E-state index contributed by atoms with van der Waals surface area (Å²) in [6, 6.07) is 9.16. The van der Waals surface area contributed by atoms with Gasteiger partial charge < -0.3 is 15.7 Å². The lowest BCUT2D eigenvalue weighted by Gasteiger charge is -2.34. The van der Waals surface area contributed by atoms with Crippen LogP contribution >= 0.6 is 0 Å². The highest BCUT2D eigenvalue weighted by Gasteiger charge is 2.47. The number of hydrogen-bond donors (Lipinski definition) is 3. The summed E-state index contributed by atoms with van der Waals surface area (Å²) < 4.78 is 0. The summed E-state index contributed by atoms with van der Waals surface area (Å²) in [6.07, 6.45) is 0.453. The Kier molecular flexibility index (Phi) is 4.85. The maximum atomic E-state index is 12.0. The third-order valence-corrected chi connectivity index (χ3v) is 3.07. The van der Waals surface area contributed by atoms with Gasteiger partial charge in [0, 0.05) is 7.11 Å². The molecule has 0 bridgehead atoms. The number of aliphatic hydroxyl groups is 1. The van der Waals surface area contributed by atoms with E-state index in [-0.39, 0.29) is 18.5 Å². The molecule has 1 heterocycles. The fourth-order valence-electron chi connectivity index (χ4n) is 2.12. The van der Waals surface area contributed by atoms with Gasteiger partial charge in [-0.3, -0.25) is 9.59 Å². The van der Waals surface area contributed by atoms with Crippen molar-refractivity contribution in [2.75, 3.05) is 13.8 Å². The van der Waals surface area contributed by atoms with Crippen molar-refractivity contribution in [2.24, 2.45) is 0 Å². The van der Waals surface area contributed by atoms with E-state index in [1.807, 2.05) is 37.3 Å².